The standard InChI is InChI=1S/C16H24N2O4S/c1-2-18(12-13-7-4-3-5-8-13)23(21,22)17-15-10-6-9-14(11-15)16(19)20/h3-5,7-8,14-15,17H,2,6,9-12H2,1H3,(H,19,20)/t14-,15+/m0/s1. The Labute approximate surface area is 137 Å². The van der Waals surface area contributed by atoms with E-state index in [1.54, 1.807) is 6.92 Å². The first-order valence-corrected chi connectivity index (χ1v) is 9.40. The number of aliphatic carboxylic acids is 1. The molecule has 0 aliphatic heterocycles. The molecule has 1 aliphatic carbocycles. The predicted molar refractivity (Wildman–Crippen MR) is 88.0 cm³/mol. The van der Waals surface area contributed by atoms with Crippen molar-refractivity contribution in [2.75, 3.05) is 6.54 Å². The normalized spacial score (nSPS) is 22.2. The zero-order valence-corrected chi connectivity index (χ0v) is 14.1. The molecule has 1 saturated carbocycles. The fourth-order valence-electron chi connectivity index (χ4n) is 2.96. The minimum atomic E-state index is -3.63. The SMILES string of the molecule is CCN(Cc1ccccc1)S(=O)(=O)N[C@@H]1CCC[C@H](C(=O)O)C1. The summed E-state index contributed by atoms with van der Waals surface area (Å²) in [5, 5.41) is 9.12. The minimum Gasteiger partial charge on any atom is -0.481 e. The van der Waals surface area contributed by atoms with E-state index in [4.69, 9.17) is 5.11 Å². The Balaban J connectivity index is 2.02. The summed E-state index contributed by atoms with van der Waals surface area (Å²) in [6.07, 6.45) is 2.40. The number of nitrogens with one attached hydrogen (secondary N) is 1. The number of carboxylic acid groups (broad SMARTS) is 1. The summed E-state index contributed by atoms with van der Waals surface area (Å²) in [5.41, 5.74) is 0.923. The molecule has 128 valence electrons. The third kappa shape index (κ3) is 5.02. The molecule has 1 fully saturated rings. The van der Waals surface area contributed by atoms with Gasteiger partial charge in [0.25, 0.3) is 10.2 Å². The first-order valence-electron chi connectivity index (χ1n) is 7.96. The Morgan fingerprint density at radius 2 is 2.00 bits per heavy atom. The maximum absolute atomic E-state index is 12.6. The van der Waals surface area contributed by atoms with E-state index in [2.05, 4.69) is 4.72 Å². The van der Waals surface area contributed by atoms with Gasteiger partial charge in [0.05, 0.1) is 5.92 Å². The second kappa shape index (κ2) is 7.90. The van der Waals surface area contributed by atoms with Crippen molar-refractivity contribution in [1.29, 1.82) is 0 Å². The lowest BCUT2D eigenvalue weighted by Crippen LogP contribution is -2.47. The van der Waals surface area contributed by atoms with Gasteiger partial charge in [0, 0.05) is 19.1 Å². The summed E-state index contributed by atoms with van der Waals surface area (Å²) in [5.74, 6) is -1.30. The monoisotopic (exact) mass is 340 g/mol. The van der Waals surface area contributed by atoms with Gasteiger partial charge in [-0.15, -0.1) is 0 Å². The highest BCUT2D eigenvalue weighted by atomic mass is 32.2. The summed E-state index contributed by atoms with van der Waals surface area (Å²) in [6.45, 7) is 2.46. The Bertz CT molecular complexity index is 618. The molecule has 0 aromatic heterocycles. The van der Waals surface area contributed by atoms with Crippen molar-refractivity contribution in [2.45, 2.75) is 45.2 Å². The molecule has 23 heavy (non-hydrogen) atoms. The van der Waals surface area contributed by atoms with Crippen molar-refractivity contribution in [3.05, 3.63) is 35.9 Å². The lowest BCUT2D eigenvalue weighted by Gasteiger charge is -2.30. The van der Waals surface area contributed by atoms with Crippen LogP contribution in [0.5, 0.6) is 0 Å². The topological polar surface area (TPSA) is 86.7 Å². The van der Waals surface area contributed by atoms with Gasteiger partial charge in [-0.3, -0.25) is 4.79 Å². The van der Waals surface area contributed by atoms with Crippen molar-refractivity contribution in [3.63, 3.8) is 0 Å². The van der Waals surface area contributed by atoms with E-state index in [1.807, 2.05) is 30.3 Å². The minimum absolute atomic E-state index is 0.306. The number of carbonyl (C=O) groups is 1. The molecule has 0 radical (unpaired) electrons. The third-order valence-corrected chi connectivity index (χ3v) is 5.93. The number of nitrogens with zero attached hydrogens (tertiary/aromatic N) is 1. The predicted octanol–water partition coefficient (Wildman–Crippen LogP) is 1.99. The number of hydrogen-bond donors (Lipinski definition) is 2. The van der Waals surface area contributed by atoms with E-state index < -0.39 is 22.1 Å². The van der Waals surface area contributed by atoms with Gasteiger partial charge in [-0.1, -0.05) is 43.7 Å². The first-order chi connectivity index (χ1) is 10.9. The molecule has 2 N–H and O–H groups in total. The van der Waals surface area contributed by atoms with E-state index in [-0.39, 0.29) is 6.04 Å². The second-order valence-corrected chi connectivity index (χ2v) is 7.64. The maximum Gasteiger partial charge on any atom is 0.306 e. The van der Waals surface area contributed by atoms with Gasteiger partial charge in [0.15, 0.2) is 0 Å². The smallest absolute Gasteiger partial charge is 0.306 e. The van der Waals surface area contributed by atoms with Crippen LogP contribution < -0.4 is 4.72 Å². The molecule has 0 bridgehead atoms. The molecule has 0 heterocycles. The zero-order valence-electron chi connectivity index (χ0n) is 13.3. The second-order valence-electron chi connectivity index (χ2n) is 5.93. The summed E-state index contributed by atoms with van der Waals surface area (Å²) in [6, 6.07) is 9.11. The van der Waals surface area contributed by atoms with E-state index in [0.717, 1.165) is 12.0 Å². The molecular formula is C16H24N2O4S. The summed E-state index contributed by atoms with van der Waals surface area (Å²) >= 11 is 0. The van der Waals surface area contributed by atoms with Gasteiger partial charge in [0.1, 0.15) is 0 Å². The van der Waals surface area contributed by atoms with Crippen molar-refractivity contribution in [3.8, 4) is 0 Å². The number of rotatable bonds is 7. The highest BCUT2D eigenvalue weighted by Crippen LogP contribution is 2.25. The van der Waals surface area contributed by atoms with Crippen molar-refractivity contribution < 1.29 is 18.3 Å². The van der Waals surface area contributed by atoms with Gasteiger partial charge in [0.2, 0.25) is 0 Å². The Kier molecular flexibility index (Phi) is 6.15. The molecule has 6 nitrogen and oxygen atoms in total. The van der Waals surface area contributed by atoms with Gasteiger partial charge >= 0.3 is 5.97 Å². The molecule has 0 amide bonds. The Morgan fingerprint density at radius 1 is 1.30 bits per heavy atom. The van der Waals surface area contributed by atoms with Crippen LogP contribution in [-0.2, 0) is 21.5 Å². The molecule has 1 aromatic carbocycles. The largest absolute Gasteiger partial charge is 0.481 e. The van der Waals surface area contributed by atoms with Crippen molar-refractivity contribution in [2.24, 2.45) is 5.92 Å². The fraction of sp³-hybridized carbons (Fsp3) is 0.562. The average Bonchev–Trinajstić information content (AvgIpc) is 2.53. The van der Waals surface area contributed by atoms with E-state index in [0.29, 0.717) is 32.4 Å². The van der Waals surface area contributed by atoms with Crippen LogP contribution in [-0.4, -0.2) is 36.4 Å². The van der Waals surface area contributed by atoms with Gasteiger partial charge in [-0.2, -0.15) is 17.4 Å². The number of benzene rings is 1. The molecule has 2 rings (SSSR count). The molecule has 1 aliphatic rings. The average molecular weight is 340 g/mol. The van der Waals surface area contributed by atoms with E-state index in [1.165, 1.54) is 4.31 Å². The summed E-state index contributed by atoms with van der Waals surface area (Å²) < 4.78 is 29.2. The number of hydrogen-bond acceptors (Lipinski definition) is 3. The molecule has 1 aromatic rings. The lowest BCUT2D eigenvalue weighted by molar-refractivity contribution is -0.143. The van der Waals surface area contributed by atoms with Crippen LogP contribution in [0.4, 0.5) is 0 Å². The zero-order chi connectivity index (χ0) is 16.9. The van der Waals surface area contributed by atoms with Gasteiger partial charge in [-0.25, -0.2) is 0 Å². The summed E-state index contributed by atoms with van der Waals surface area (Å²) in [4.78, 5) is 11.1. The molecular weight excluding hydrogens is 316 g/mol. The van der Waals surface area contributed by atoms with Gasteiger partial charge < -0.3 is 5.11 Å². The fourth-order valence-corrected chi connectivity index (χ4v) is 4.40. The molecule has 0 saturated heterocycles. The number of carboxylic acids is 1. The van der Waals surface area contributed by atoms with Crippen molar-refractivity contribution in [1.82, 2.24) is 9.03 Å². The van der Waals surface area contributed by atoms with E-state index >= 15 is 0 Å². The van der Waals surface area contributed by atoms with Crippen LogP contribution in [0, 0.1) is 5.92 Å². The Morgan fingerprint density at radius 3 is 2.61 bits per heavy atom. The molecule has 7 heteroatoms. The van der Waals surface area contributed by atoms with E-state index in [9.17, 15) is 13.2 Å². The van der Waals surface area contributed by atoms with Crippen LogP contribution >= 0.6 is 0 Å². The van der Waals surface area contributed by atoms with Crippen LogP contribution in [0.25, 0.3) is 0 Å². The molecule has 2 atom stereocenters. The Hall–Kier alpha value is -1.44. The van der Waals surface area contributed by atoms with Crippen LogP contribution in [0.15, 0.2) is 30.3 Å². The highest BCUT2D eigenvalue weighted by Gasteiger charge is 2.31. The first kappa shape index (κ1) is 17.9. The molecule has 0 spiro atoms. The maximum atomic E-state index is 12.6. The molecule has 0 unspecified atom stereocenters. The quantitative estimate of drug-likeness (QED) is 0.795. The highest BCUT2D eigenvalue weighted by molar-refractivity contribution is 7.87. The van der Waals surface area contributed by atoms with Crippen LogP contribution in [0.3, 0.4) is 0 Å². The van der Waals surface area contributed by atoms with Crippen LogP contribution in [0.2, 0.25) is 0 Å². The summed E-state index contributed by atoms with van der Waals surface area (Å²) in [7, 11) is -3.63. The third-order valence-electron chi connectivity index (χ3n) is 4.23. The van der Waals surface area contributed by atoms with Crippen LogP contribution in [0.1, 0.15) is 38.2 Å². The van der Waals surface area contributed by atoms with Crippen molar-refractivity contribution >= 4 is 16.2 Å². The van der Waals surface area contributed by atoms with Gasteiger partial charge in [-0.05, 0) is 24.8 Å². The lowest BCUT2D eigenvalue weighted by atomic mass is 9.86.